The number of unbranched alkanes of at least 4 members (excludes halogenated alkanes) is 19. The van der Waals surface area contributed by atoms with Crippen LogP contribution in [0.3, 0.4) is 0 Å². The van der Waals surface area contributed by atoms with E-state index in [0.717, 1.165) is 109 Å². The van der Waals surface area contributed by atoms with E-state index in [1.807, 2.05) is 12.2 Å². The second-order valence-corrected chi connectivity index (χ2v) is 20.0. The standard InChI is InChI=1S/C64H107NO10/c1-4-7-10-13-16-19-22-24-26-27-28-29-30-32-33-36-39-42-45-48-51-57(68)63(72)65-55(56(67)50-47-44-41-38-35-21-18-15-12-9-6-3)54-73-64-62(61(71)60(70)58(53-66)74-64)75-59(69)52-49-46-43-40-37-34-31-25-23-20-17-14-11-8-5-2/h7,10,16-17,19-20,23-26,28-29,32-33,39,42,47,50,55-58,60-62,64,66-68,70-71H,4-6,8-9,11-15,18,21-22,27,30-31,34-38,40-41,43-46,48-49,51-54H2,1-3H3,(H,65,72)/b10-7-,19-16-,20-17+,25-23+,26-24-,29-28-,33-32-,42-39-,50-47+. The summed E-state index contributed by atoms with van der Waals surface area (Å²) in [7, 11) is 0. The minimum atomic E-state index is -1.63. The first-order valence-electron chi connectivity index (χ1n) is 29.7. The first-order valence-corrected chi connectivity index (χ1v) is 29.7. The molecule has 1 aliphatic rings. The van der Waals surface area contributed by atoms with Gasteiger partial charge in [0.15, 0.2) is 12.4 Å². The Hall–Kier alpha value is -3.68. The van der Waals surface area contributed by atoms with Gasteiger partial charge in [0.1, 0.15) is 24.4 Å². The molecule has 428 valence electrons. The molecule has 11 nitrogen and oxygen atoms in total. The number of allylic oxidation sites excluding steroid dienone is 17. The SMILES string of the molecule is CC/C=C\C/C=C\C/C=C\C/C=C\C/C=C\C/C=C\CCCC(O)C(=O)NC(COC1OC(CO)C(O)C(O)C1OC(=O)CCCCCCCC/C=C/C=C/CCCCC)C(O)/C=C/CCCCCCCCCCC. The summed E-state index contributed by atoms with van der Waals surface area (Å²) >= 11 is 0. The first kappa shape index (κ1) is 69.3. The molecular weight excluding hydrogens is 943 g/mol. The molecular formula is C64H107NO10. The molecule has 0 spiro atoms. The first-order chi connectivity index (χ1) is 36.7. The van der Waals surface area contributed by atoms with Crippen LogP contribution in [-0.2, 0) is 23.8 Å². The van der Waals surface area contributed by atoms with Crippen molar-refractivity contribution in [3.8, 4) is 0 Å². The summed E-state index contributed by atoms with van der Waals surface area (Å²) in [6, 6.07) is -1.06. The molecule has 0 aromatic heterocycles. The van der Waals surface area contributed by atoms with Crippen molar-refractivity contribution in [2.45, 2.75) is 269 Å². The van der Waals surface area contributed by atoms with Crippen molar-refractivity contribution in [1.82, 2.24) is 5.32 Å². The molecule has 0 aliphatic carbocycles. The van der Waals surface area contributed by atoms with Crippen molar-refractivity contribution in [2.75, 3.05) is 13.2 Å². The van der Waals surface area contributed by atoms with Crippen molar-refractivity contribution in [2.24, 2.45) is 0 Å². The predicted octanol–water partition coefficient (Wildman–Crippen LogP) is 13.7. The zero-order chi connectivity index (χ0) is 54.7. The minimum Gasteiger partial charge on any atom is -0.454 e. The van der Waals surface area contributed by atoms with E-state index in [2.05, 4.69) is 117 Å². The van der Waals surface area contributed by atoms with Gasteiger partial charge in [-0.3, -0.25) is 9.59 Å². The molecule has 0 bridgehead atoms. The zero-order valence-electron chi connectivity index (χ0n) is 47.1. The number of ether oxygens (including phenoxy) is 3. The average Bonchev–Trinajstić information content (AvgIpc) is 3.41. The van der Waals surface area contributed by atoms with Gasteiger partial charge in [0.2, 0.25) is 5.91 Å². The lowest BCUT2D eigenvalue weighted by molar-refractivity contribution is -0.305. The third-order valence-corrected chi connectivity index (χ3v) is 13.2. The number of carbonyl (C=O) groups excluding carboxylic acids is 2. The predicted molar refractivity (Wildman–Crippen MR) is 310 cm³/mol. The van der Waals surface area contributed by atoms with Crippen LogP contribution in [0.15, 0.2) is 109 Å². The number of rotatable bonds is 48. The van der Waals surface area contributed by atoms with E-state index in [9.17, 15) is 35.1 Å². The van der Waals surface area contributed by atoms with Gasteiger partial charge in [0.25, 0.3) is 0 Å². The molecule has 1 saturated heterocycles. The van der Waals surface area contributed by atoms with E-state index in [4.69, 9.17) is 14.2 Å². The van der Waals surface area contributed by atoms with Gasteiger partial charge < -0.3 is 45.1 Å². The molecule has 11 heteroatoms. The van der Waals surface area contributed by atoms with Gasteiger partial charge in [0.05, 0.1) is 25.4 Å². The van der Waals surface area contributed by atoms with Crippen LogP contribution in [0.1, 0.15) is 220 Å². The normalized spacial score (nSPS) is 20.0. The number of carbonyl (C=O) groups is 2. The molecule has 0 radical (unpaired) electrons. The van der Waals surface area contributed by atoms with E-state index in [1.165, 1.54) is 57.8 Å². The number of nitrogens with one attached hydrogen (secondary N) is 1. The topological polar surface area (TPSA) is 175 Å². The number of hydrogen-bond donors (Lipinski definition) is 6. The second-order valence-electron chi connectivity index (χ2n) is 20.0. The van der Waals surface area contributed by atoms with Crippen molar-refractivity contribution in [1.29, 1.82) is 0 Å². The van der Waals surface area contributed by atoms with E-state index < -0.39 is 67.4 Å². The van der Waals surface area contributed by atoms with Crippen molar-refractivity contribution in [3.63, 3.8) is 0 Å². The van der Waals surface area contributed by atoms with E-state index in [1.54, 1.807) is 6.08 Å². The van der Waals surface area contributed by atoms with Crippen LogP contribution in [0.25, 0.3) is 0 Å². The third kappa shape index (κ3) is 39.4. The Kier molecular flexibility index (Phi) is 47.2. The Balaban J connectivity index is 2.75. The van der Waals surface area contributed by atoms with Crippen LogP contribution in [0.5, 0.6) is 0 Å². The molecule has 1 fully saturated rings. The number of aliphatic hydroxyl groups is 5. The average molecular weight is 1050 g/mol. The molecule has 0 aromatic carbocycles. The lowest BCUT2D eigenvalue weighted by Crippen LogP contribution is -2.61. The van der Waals surface area contributed by atoms with Gasteiger partial charge in [-0.25, -0.2) is 0 Å². The van der Waals surface area contributed by atoms with Gasteiger partial charge in [-0.05, 0) is 103 Å². The van der Waals surface area contributed by atoms with E-state index >= 15 is 0 Å². The highest BCUT2D eigenvalue weighted by molar-refractivity contribution is 5.80. The van der Waals surface area contributed by atoms with Crippen LogP contribution < -0.4 is 5.32 Å². The summed E-state index contributed by atoms with van der Waals surface area (Å²) in [6.07, 6.45) is 58.4. The summed E-state index contributed by atoms with van der Waals surface area (Å²) in [4.78, 5) is 26.5. The van der Waals surface area contributed by atoms with Crippen LogP contribution in [0.4, 0.5) is 0 Å². The van der Waals surface area contributed by atoms with Gasteiger partial charge >= 0.3 is 5.97 Å². The van der Waals surface area contributed by atoms with Crippen molar-refractivity contribution >= 4 is 11.9 Å². The smallest absolute Gasteiger partial charge is 0.306 e. The molecule has 0 saturated carbocycles. The summed E-state index contributed by atoms with van der Waals surface area (Å²) in [5.41, 5.74) is 0. The lowest BCUT2D eigenvalue weighted by atomic mass is 9.99. The molecule has 1 heterocycles. The summed E-state index contributed by atoms with van der Waals surface area (Å²) in [5, 5.41) is 56.8. The van der Waals surface area contributed by atoms with E-state index in [-0.39, 0.29) is 19.4 Å². The highest BCUT2D eigenvalue weighted by Gasteiger charge is 2.47. The van der Waals surface area contributed by atoms with Gasteiger partial charge in [-0.15, -0.1) is 0 Å². The Morgan fingerprint density at radius 3 is 1.53 bits per heavy atom. The van der Waals surface area contributed by atoms with Crippen LogP contribution >= 0.6 is 0 Å². The Bertz CT molecular complexity index is 1630. The lowest BCUT2D eigenvalue weighted by Gasteiger charge is -2.41. The molecule has 1 amide bonds. The molecule has 8 unspecified atom stereocenters. The van der Waals surface area contributed by atoms with E-state index in [0.29, 0.717) is 19.3 Å². The van der Waals surface area contributed by atoms with Crippen LogP contribution in [0.2, 0.25) is 0 Å². The molecule has 0 aromatic rings. The maximum absolute atomic E-state index is 13.4. The molecule has 1 aliphatic heterocycles. The molecule has 6 N–H and O–H groups in total. The number of aliphatic hydroxyl groups excluding tert-OH is 5. The minimum absolute atomic E-state index is 0.0991. The van der Waals surface area contributed by atoms with Crippen molar-refractivity contribution < 1.29 is 49.3 Å². The molecule has 1 rings (SSSR count). The van der Waals surface area contributed by atoms with Gasteiger partial charge in [-0.2, -0.15) is 0 Å². The highest BCUT2D eigenvalue weighted by atomic mass is 16.7. The van der Waals surface area contributed by atoms with Crippen molar-refractivity contribution in [3.05, 3.63) is 109 Å². The fraction of sp³-hybridized carbons (Fsp3) is 0.688. The van der Waals surface area contributed by atoms with Gasteiger partial charge in [0, 0.05) is 6.42 Å². The molecule has 75 heavy (non-hydrogen) atoms. The number of esters is 1. The largest absolute Gasteiger partial charge is 0.454 e. The Morgan fingerprint density at radius 2 is 1.00 bits per heavy atom. The fourth-order valence-corrected chi connectivity index (χ4v) is 8.47. The monoisotopic (exact) mass is 1050 g/mol. The van der Waals surface area contributed by atoms with Crippen LogP contribution in [-0.4, -0.2) is 99.6 Å². The zero-order valence-corrected chi connectivity index (χ0v) is 47.1. The van der Waals surface area contributed by atoms with Crippen LogP contribution in [0, 0.1) is 0 Å². The second kappa shape index (κ2) is 51.1. The fourth-order valence-electron chi connectivity index (χ4n) is 8.47. The number of hydrogen-bond acceptors (Lipinski definition) is 10. The Morgan fingerprint density at radius 1 is 0.547 bits per heavy atom. The highest BCUT2D eigenvalue weighted by Crippen LogP contribution is 2.26. The number of amides is 1. The summed E-state index contributed by atoms with van der Waals surface area (Å²) in [5.74, 6) is -1.26. The maximum atomic E-state index is 13.4. The van der Waals surface area contributed by atoms with Gasteiger partial charge in [-0.1, -0.05) is 220 Å². The Labute approximate surface area is 456 Å². The quantitative estimate of drug-likeness (QED) is 0.0149. The maximum Gasteiger partial charge on any atom is 0.306 e. The molecule has 8 atom stereocenters. The third-order valence-electron chi connectivity index (χ3n) is 13.2. The summed E-state index contributed by atoms with van der Waals surface area (Å²) < 4.78 is 17.5. The summed E-state index contributed by atoms with van der Waals surface area (Å²) in [6.45, 7) is 5.58.